The number of amides is 1. The molecule has 0 bridgehead atoms. The van der Waals surface area contributed by atoms with Crippen molar-refractivity contribution in [1.82, 2.24) is 5.32 Å². The minimum absolute atomic E-state index is 0.110. The highest BCUT2D eigenvalue weighted by molar-refractivity contribution is 7.99. The van der Waals surface area contributed by atoms with E-state index in [0.717, 1.165) is 5.75 Å². The fraction of sp³-hybridized carbons (Fsp3) is 0.316. The third-order valence-corrected chi connectivity index (χ3v) is 5.03. The third-order valence-electron chi connectivity index (χ3n) is 3.71. The predicted octanol–water partition coefficient (Wildman–Crippen LogP) is 4.52. The van der Waals surface area contributed by atoms with Gasteiger partial charge in [0.15, 0.2) is 0 Å². The maximum absolute atomic E-state index is 13.6. The molecule has 0 spiro atoms. The van der Waals surface area contributed by atoms with Crippen molar-refractivity contribution in [2.75, 3.05) is 18.9 Å². The number of hydrogen-bond donors (Lipinski definition) is 1. The van der Waals surface area contributed by atoms with Crippen molar-refractivity contribution in [3.63, 3.8) is 0 Å². The van der Waals surface area contributed by atoms with Crippen LogP contribution in [0.5, 0.6) is 5.75 Å². The van der Waals surface area contributed by atoms with Crippen molar-refractivity contribution in [2.24, 2.45) is 0 Å². The van der Waals surface area contributed by atoms with Gasteiger partial charge in [-0.3, -0.25) is 4.79 Å². The second-order valence-electron chi connectivity index (χ2n) is 5.64. The molecule has 0 radical (unpaired) electrons. The molecule has 0 heterocycles. The van der Waals surface area contributed by atoms with Crippen LogP contribution in [0.15, 0.2) is 36.4 Å². The summed E-state index contributed by atoms with van der Waals surface area (Å²) in [5, 5.41) is 3.17. The van der Waals surface area contributed by atoms with Crippen molar-refractivity contribution in [3.05, 3.63) is 63.9 Å². The first kappa shape index (κ1) is 19.6. The van der Waals surface area contributed by atoms with Crippen LogP contribution in [0.1, 0.15) is 16.7 Å². The zero-order chi connectivity index (χ0) is 18.2. The second kappa shape index (κ2) is 9.68. The van der Waals surface area contributed by atoms with E-state index in [-0.39, 0.29) is 17.5 Å². The van der Waals surface area contributed by atoms with Crippen molar-refractivity contribution >= 4 is 29.3 Å². The summed E-state index contributed by atoms with van der Waals surface area (Å²) in [6.07, 6.45) is 0. The lowest BCUT2D eigenvalue weighted by atomic mass is 10.1. The largest absolute Gasteiger partial charge is 0.492 e. The molecule has 0 fully saturated rings. The Hall–Kier alpha value is -1.72. The predicted molar refractivity (Wildman–Crippen MR) is 102 cm³/mol. The maximum Gasteiger partial charge on any atom is 0.230 e. The molecule has 2 rings (SSSR count). The Kier molecular flexibility index (Phi) is 7.59. The summed E-state index contributed by atoms with van der Waals surface area (Å²) in [5.74, 6) is 0.941. The Labute approximate surface area is 156 Å². The summed E-state index contributed by atoms with van der Waals surface area (Å²) in [5.41, 5.74) is 2.82. The first-order chi connectivity index (χ1) is 12.0. The number of rotatable bonds is 8. The van der Waals surface area contributed by atoms with Crippen LogP contribution in [0.25, 0.3) is 0 Å². The van der Waals surface area contributed by atoms with Gasteiger partial charge in [-0.05, 0) is 49.2 Å². The van der Waals surface area contributed by atoms with Gasteiger partial charge in [0.25, 0.3) is 0 Å². The molecular weight excluding hydrogens is 361 g/mol. The average Bonchev–Trinajstić information content (AvgIpc) is 2.57. The van der Waals surface area contributed by atoms with Crippen molar-refractivity contribution < 1.29 is 13.9 Å². The molecular formula is C19H21ClFNO2S. The molecule has 6 heteroatoms. The van der Waals surface area contributed by atoms with Crippen LogP contribution in [0.2, 0.25) is 5.02 Å². The normalized spacial score (nSPS) is 10.6. The van der Waals surface area contributed by atoms with Crippen molar-refractivity contribution in [3.8, 4) is 5.75 Å². The van der Waals surface area contributed by atoms with E-state index in [2.05, 4.69) is 5.32 Å². The first-order valence-electron chi connectivity index (χ1n) is 7.94. The molecule has 0 aliphatic rings. The Bertz CT molecular complexity index is 719. The van der Waals surface area contributed by atoms with Crippen LogP contribution in [-0.4, -0.2) is 24.8 Å². The smallest absolute Gasteiger partial charge is 0.230 e. The van der Waals surface area contributed by atoms with Gasteiger partial charge in [-0.15, -0.1) is 11.8 Å². The van der Waals surface area contributed by atoms with Crippen LogP contribution in [0, 0.1) is 19.7 Å². The Morgan fingerprint density at radius 3 is 2.76 bits per heavy atom. The molecule has 0 aromatic heterocycles. The fourth-order valence-electron chi connectivity index (χ4n) is 2.13. The molecule has 0 aliphatic carbocycles. The van der Waals surface area contributed by atoms with E-state index in [9.17, 15) is 9.18 Å². The van der Waals surface area contributed by atoms with Crippen LogP contribution in [0.4, 0.5) is 4.39 Å². The molecule has 0 aliphatic heterocycles. The quantitative estimate of drug-likeness (QED) is 0.683. The third kappa shape index (κ3) is 6.25. The van der Waals surface area contributed by atoms with Gasteiger partial charge < -0.3 is 10.1 Å². The van der Waals surface area contributed by atoms with Gasteiger partial charge in [0.1, 0.15) is 18.2 Å². The minimum atomic E-state index is -0.345. The monoisotopic (exact) mass is 381 g/mol. The van der Waals surface area contributed by atoms with Gasteiger partial charge in [-0.25, -0.2) is 4.39 Å². The molecule has 0 atom stereocenters. The van der Waals surface area contributed by atoms with Crippen molar-refractivity contribution in [1.29, 1.82) is 0 Å². The van der Waals surface area contributed by atoms with E-state index in [0.29, 0.717) is 29.5 Å². The summed E-state index contributed by atoms with van der Waals surface area (Å²) in [7, 11) is 0. The number of aryl methyl sites for hydroxylation is 2. The molecule has 25 heavy (non-hydrogen) atoms. The van der Waals surface area contributed by atoms with Gasteiger partial charge in [0.2, 0.25) is 5.91 Å². The lowest BCUT2D eigenvalue weighted by molar-refractivity contribution is -0.118. The standard InChI is InChI=1S/C19H21ClFNO2S/c1-13-6-7-15(10-14(13)2)24-9-8-22-19(23)12-25-11-16-17(20)4-3-5-18(16)21/h3-7,10H,8-9,11-12H2,1-2H3,(H,22,23). The number of benzene rings is 2. The van der Waals surface area contributed by atoms with Crippen molar-refractivity contribution in [2.45, 2.75) is 19.6 Å². The fourth-order valence-corrected chi connectivity index (χ4v) is 3.33. The van der Waals surface area contributed by atoms with E-state index in [1.54, 1.807) is 12.1 Å². The SMILES string of the molecule is Cc1ccc(OCCNC(=O)CSCc2c(F)cccc2Cl)cc1C. The number of thioether (sulfide) groups is 1. The molecule has 134 valence electrons. The van der Waals surface area contributed by atoms with Gasteiger partial charge in [-0.2, -0.15) is 0 Å². The van der Waals surface area contributed by atoms with E-state index < -0.39 is 0 Å². The summed E-state index contributed by atoms with van der Waals surface area (Å²) in [6, 6.07) is 10.5. The highest BCUT2D eigenvalue weighted by Crippen LogP contribution is 2.23. The van der Waals surface area contributed by atoms with Gasteiger partial charge in [0.05, 0.1) is 12.3 Å². The molecule has 0 saturated heterocycles. The van der Waals surface area contributed by atoms with Crippen LogP contribution in [-0.2, 0) is 10.5 Å². The topological polar surface area (TPSA) is 38.3 Å². The summed E-state index contributed by atoms with van der Waals surface area (Å²) in [6.45, 7) is 4.90. The molecule has 0 saturated carbocycles. The lowest BCUT2D eigenvalue weighted by Gasteiger charge is -2.09. The second-order valence-corrected chi connectivity index (χ2v) is 7.03. The number of ether oxygens (including phenoxy) is 1. The molecule has 1 amide bonds. The zero-order valence-corrected chi connectivity index (χ0v) is 15.8. The number of hydrogen-bond acceptors (Lipinski definition) is 3. The zero-order valence-electron chi connectivity index (χ0n) is 14.3. The average molecular weight is 382 g/mol. The van der Waals surface area contributed by atoms with E-state index >= 15 is 0 Å². The Morgan fingerprint density at radius 2 is 2.04 bits per heavy atom. The number of carbonyl (C=O) groups excluding carboxylic acids is 1. The van der Waals surface area contributed by atoms with Crippen LogP contribution in [0.3, 0.4) is 0 Å². The first-order valence-corrected chi connectivity index (χ1v) is 9.48. The summed E-state index contributed by atoms with van der Waals surface area (Å²) >= 11 is 7.28. The highest BCUT2D eigenvalue weighted by atomic mass is 35.5. The highest BCUT2D eigenvalue weighted by Gasteiger charge is 2.08. The Morgan fingerprint density at radius 1 is 1.24 bits per heavy atom. The van der Waals surface area contributed by atoms with Crippen LogP contribution < -0.4 is 10.1 Å². The summed E-state index contributed by atoms with van der Waals surface area (Å²) in [4.78, 5) is 11.8. The molecule has 2 aromatic rings. The van der Waals surface area contributed by atoms with Gasteiger partial charge in [0, 0.05) is 16.3 Å². The minimum Gasteiger partial charge on any atom is -0.492 e. The van der Waals surface area contributed by atoms with Crippen LogP contribution >= 0.6 is 23.4 Å². The molecule has 1 N–H and O–H groups in total. The molecule has 2 aromatic carbocycles. The van der Waals surface area contributed by atoms with E-state index in [1.807, 2.05) is 32.0 Å². The molecule has 0 unspecified atom stereocenters. The Balaban J connectivity index is 1.65. The van der Waals surface area contributed by atoms with Gasteiger partial charge in [-0.1, -0.05) is 23.7 Å². The van der Waals surface area contributed by atoms with Gasteiger partial charge >= 0.3 is 0 Å². The number of carbonyl (C=O) groups is 1. The summed E-state index contributed by atoms with van der Waals surface area (Å²) < 4.78 is 19.2. The number of halogens is 2. The van der Waals surface area contributed by atoms with E-state index in [4.69, 9.17) is 16.3 Å². The number of nitrogens with one attached hydrogen (secondary N) is 1. The van der Waals surface area contributed by atoms with E-state index in [1.165, 1.54) is 29.0 Å². The lowest BCUT2D eigenvalue weighted by Crippen LogP contribution is -2.29. The maximum atomic E-state index is 13.6. The molecule has 3 nitrogen and oxygen atoms in total.